The van der Waals surface area contributed by atoms with Crippen molar-refractivity contribution in [3.63, 3.8) is 0 Å². The average Bonchev–Trinajstić information content (AvgIpc) is 2.39. The molecule has 1 aromatic rings. The number of hydrogen-bond acceptors (Lipinski definition) is 2. The quantitative estimate of drug-likeness (QED) is 0.724. The number of ether oxygens (including phenoxy) is 1. The SMILES string of the molecule is CCCN(CCBr)C(=O)Cc1ccc(OC)cc1. The lowest BCUT2D eigenvalue weighted by Gasteiger charge is -2.21. The van der Waals surface area contributed by atoms with Crippen LogP contribution in [0.15, 0.2) is 24.3 Å². The second-order valence-electron chi connectivity index (χ2n) is 4.09. The molecule has 1 amide bonds. The summed E-state index contributed by atoms with van der Waals surface area (Å²) < 4.78 is 5.10. The fraction of sp³-hybridized carbons (Fsp3) is 0.500. The number of amides is 1. The number of rotatable bonds is 7. The van der Waals surface area contributed by atoms with Crippen LogP contribution in [-0.4, -0.2) is 36.3 Å². The van der Waals surface area contributed by atoms with Crippen molar-refractivity contribution in [2.45, 2.75) is 19.8 Å². The van der Waals surface area contributed by atoms with E-state index in [0.29, 0.717) is 6.42 Å². The maximum absolute atomic E-state index is 12.1. The molecule has 0 aliphatic rings. The van der Waals surface area contributed by atoms with Gasteiger partial charge < -0.3 is 9.64 Å². The van der Waals surface area contributed by atoms with E-state index in [9.17, 15) is 4.79 Å². The molecule has 4 heteroatoms. The Morgan fingerprint density at radius 1 is 1.28 bits per heavy atom. The van der Waals surface area contributed by atoms with Crippen molar-refractivity contribution in [1.29, 1.82) is 0 Å². The lowest BCUT2D eigenvalue weighted by atomic mass is 10.1. The highest BCUT2D eigenvalue weighted by atomic mass is 79.9. The molecule has 0 aliphatic heterocycles. The Morgan fingerprint density at radius 2 is 1.94 bits per heavy atom. The van der Waals surface area contributed by atoms with Gasteiger partial charge in [0, 0.05) is 18.4 Å². The third-order valence-corrected chi connectivity index (χ3v) is 3.07. The van der Waals surface area contributed by atoms with Gasteiger partial charge in [-0.1, -0.05) is 35.0 Å². The molecule has 0 saturated heterocycles. The number of methoxy groups -OCH3 is 1. The van der Waals surface area contributed by atoms with Crippen molar-refractivity contribution >= 4 is 21.8 Å². The van der Waals surface area contributed by atoms with Crippen LogP contribution in [0.3, 0.4) is 0 Å². The second-order valence-corrected chi connectivity index (χ2v) is 4.89. The van der Waals surface area contributed by atoms with Gasteiger partial charge in [0.2, 0.25) is 5.91 Å². The van der Waals surface area contributed by atoms with Crippen molar-refractivity contribution in [2.24, 2.45) is 0 Å². The van der Waals surface area contributed by atoms with Gasteiger partial charge in [-0.05, 0) is 24.1 Å². The molecule has 0 radical (unpaired) electrons. The van der Waals surface area contributed by atoms with Crippen LogP contribution >= 0.6 is 15.9 Å². The molecule has 3 nitrogen and oxygen atoms in total. The molecule has 0 atom stereocenters. The minimum Gasteiger partial charge on any atom is -0.497 e. The summed E-state index contributed by atoms with van der Waals surface area (Å²) >= 11 is 3.38. The molecule has 1 rings (SSSR count). The van der Waals surface area contributed by atoms with Gasteiger partial charge in [-0.3, -0.25) is 4.79 Å². The third kappa shape index (κ3) is 4.69. The fourth-order valence-corrected chi connectivity index (χ4v) is 2.19. The molecule has 1 aromatic carbocycles. The zero-order chi connectivity index (χ0) is 13.4. The molecule has 0 N–H and O–H groups in total. The molecule has 18 heavy (non-hydrogen) atoms. The number of alkyl halides is 1. The first kappa shape index (κ1) is 15.0. The lowest BCUT2D eigenvalue weighted by Crippen LogP contribution is -2.34. The average molecular weight is 314 g/mol. The molecular formula is C14H20BrNO2. The van der Waals surface area contributed by atoms with Gasteiger partial charge in [-0.15, -0.1) is 0 Å². The van der Waals surface area contributed by atoms with Crippen molar-refractivity contribution in [1.82, 2.24) is 4.90 Å². The predicted octanol–water partition coefficient (Wildman–Crippen LogP) is 2.87. The minimum atomic E-state index is 0.182. The molecule has 0 spiro atoms. The Hall–Kier alpha value is -1.03. The summed E-state index contributed by atoms with van der Waals surface area (Å²) in [7, 11) is 1.64. The molecule has 0 aromatic heterocycles. The van der Waals surface area contributed by atoms with Crippen LogP contribution in [0, 0.1) is 0 Å². The number of nitrogens with zero attached hydrogens (tertiary/aromatic N) is 1. The van der Waals surface area contributed by atoms with Gasteiger partial charge in [0.25, 0.3) is 0 Å². The molecule has 0 unspecified atom stereocenters. The maximum Gasteiger partial charge on any atom is 0.227 e. The van der Waals surface area contributed by atoms with Crippen LogP contribution in [0.25, 0.3) is 0 Å². The fourth-order valence-electron chi connectivity index (χ4n) is 1.76. The minimum absolute atomic E-state index is 0.182. The topological polar surface area (TPSA) is 29.5 Å². The predicted molar refractivity (Wildman–Crippen MR) is 77.4 cm³/mol. The molecule has 0 heterocycles. The van der Waals surface area contributed by atoms with E-state index in [1.807, 2.05) is 29.2 Å². The molecule has 0 fully saturated rings. The van der Waals surface area contributed by atoms with Crippen LogP contribution in [0.5, 0.6) is 5.75 Å². The van der Waals surface area contributed by atoms with Gasteiger partial charge >= 0.3 is 0 Å². The van der Waals surface area contributed by atoms with E-state index < -0.39 is 0 Å². The highest BCUT2D eigenvalue weighted by Gasteiger charge is 2.12. The van der Waals surface area contributed by atoms with E-state index in [1.165, 1.54) is 0 Å². The number of halogens is 1. The first-order chi connectivity index (χ1) is 8.71. The molecule has 0 saturated carbocycles. The van der Waals surface area contributed by atoms with Gasteiger partial charge in [0.1, 0.15) is 5.75 Å². The Bertz CT molecular complexity index is 359. The summed E-state index contributed by atoms with van der Waals surface area (Å²) in [5.74, 6) is 0.999. The first-order valence-electron chi connectivity index (χ1n) is 6.18. The summed E-state index contributed by atoms with van der Waals surface area (Å²) in [6, 6.07) is 7.65. The van der Waals surface area contributed by atoms with Gasteiger partial charge in [0.15, 0.2) is 0 Å². The van der Waals surface area contributed by atoms with Gasteiger partial charge in [-0.2, -0.15) is 0 Å². The van der Waals surface area contributed by atoms with E-state index in [4.69, 9.17) is 4.74 Å². The van der Waals surface area contributed by atoms with Crippen LogP contribution < -0.4 is 4.74 Å². The number of benzene rings is 1. The molecule has 100 valence electrons. The number of carbonyl (C=O) groups excluding carboxylic acids is 1. The van der Waals surface area contributed by atoms with Crippen LogP contribution in [0.1, 0.15) is 18.9 Å². The summed E-state index contributed by atoms with van der Waals surface area (Å²) in [6.07, 6.45) is 1.44. The number of hydrogen-bond donors (Lipinski definition) is 0. The largest absolute Gasteiger partial charge is 0.497 e. The summed E-state index contributed by atoms with van der Waals surface area (Å²) in [4.78, 5) is 14.0. The van der Waals surface area contributed by atoms with Crippen LogP contribution in [-0.2, 0) is 11.2 Å². The lowest BCUT2D eigenvalue weighted by molar-refractivity contribution is -0.130. The first-order valence-corrected chi connectivity index (χ1v) is 7.30. The zero-order valence-electron chi connectivity index (χ0n) is 11.0. The smallest absolute Gasteiger partial charge is 0.227 e. The highest BCUT2D eigenvalue weighted by molar-refractivity contribution is 9.09. The summed E-state index contributed by atoms with van der Waals surface area (Å²) in [5, 5.41) is 0.821. The third-order valence-electron chi connectivity index (χ3n) is 2.72. The molecular weight excluding hydrogens is 294 g/mol. The number of carbonyl (C=O) groups is 1. The van der Waals surface area contributed by atoms with Crippen molar-refractivity contribution in [3.8, 4) is 5.75 Å². The van der Waals surface area contributed by atoms with Crippen LogP contribution in [0.4, 0.5) is 0 Å². The van der Waals surface area contributed by atoms with Crippen molar-refractivity contribution in [3.05, 3.63) is 29.8 Å². The standard InChI is InChI=1S/C14H20BrNO2/c1-3-9-16(10-8-15)14(17)11-12-4-6-13(18-2)7-5-12/h4-7H,3,8-11H2,1-2H3. The van der Waals surface area contributed by atoms with Gasteiger partial charge in [0.05, 0.1) is 13.5 Å². The Morgan fingerprint density at radius 3 is 2.44 bits per heavy atom. The second kappa shape index (κ2) is 8.14. The summed E-state index contributed by atoms with van der Waals surface area (Å²) in [6.45, 7) is 3.67. The van der Waals surface area contributed by atoms with E-state index in [-0.39, 0.29) is 5.91 Å². The zero-order valence-corrected chi connectivity index (χ0v) is 12.6. The maximum atomic E-state index is 12.1. The van der Waals surface area contributed by atoms with E-state index in [1.54, 1.807) is 7.11 Å². The van der Waals surface area contributed by atoms with E-state index in [0.717, 1.165) is 36.2 Å². The van der Waals surface area contributed by atoms with E-state index in [2.05, 4.69) is 22.9 Å². The summed E-state index contributed by atoms with van der Waals surface area (Å²) in [5.41, 5.74) is 1.02. The van der Waals surface area contributed by atoms with Crippen LogP contribution in [0.2, 0.25) is 0 Å². The molecule has 0 bridgehead atoms. The van der Waals surface area contributed by atoms with E-state index >= 15 is 0 Å². The van der Waals surface area contributed by atoms with Crippen molar-refractivity contribution < 1.29 is 9.53 Å². The molecule has 0 aliphatic carbocycles. The van der Waals surface area contributed by atoms with Crippen molar-refractivity contribution in [2.75, 3.05) is 25.5 Å². The highest BCUT2D eigenvalue weighted by Crippen LogP contribution is 2.12. The Kier molecular flexibility index (Phi) is 6.80. The van der Waals surface area contributed by atoms with Gasteiger partial charge in [-0.25, -0.2) is 0 Å². The Labute approximate surface area is 117 Å². The Balaban J connectivity index is 2.60. The monoisotopic (exact) mass is 313 g/mol. The normalized spacial score (nSPS) is 10.2.